The Morgan fingerprint density at radius 1 is 1.03 bits per heavy atom. The van der Waals surface area contributed by atoms with E-state index in [0.717, 1.165) is 77.4 Å². The number of morpholine rings is 1. The fourth-order valence-corrected chi connectivity index (χ4v) is 5.05. The number of benzene rings is 1. The standard InChI is InChI=1S/C27H29N7O2/c1-34(10-12-36-13-11-34)25-7-5-21(17-29-25)30-27(35)26-23-15-19(4-6-24(23)31-32-26)20-14-22(18-28-16-20)33-8-2-3-9-33/h4-7,14-18H,2-3,8-13H2,1H3,(H-,30,31,32,35)/p+1. The van der Waals surface area contributed by atoms with E-state index in [1.54, 1.807) is 6.20 Å². The van der Waals surface area contributed by atoms with E-state index in [2.05, 4.69) is 43.5 Å². The highest BCUT2D eigenvalue weighted by atomic mass is 16.5. The zero-order chi connectivity index (χ0) is 24.5. The van der Waals surface area contributed by atoms with Crippen molar-refractivity contribution in [1.82, 2.24) is 24.6 Å². The molecule has 0 bridgehead atoms. The fourth-order valence-electron chi connectivity index (χ4n) is 5.05. The summed E-state index contributed by atoms with van der Waals surface area (Å²) in [5.74, 6) is 0.694. The number of likely N-dealkylation sites (N-methyl/N-ethyl adjacent to an activating group) is 1. The predicted octanol–water partition coefficient (Wildman–Crippen LogP) is 3.84. The van der Waals surface area contributed by atoms with E-state index in [-0.39, 0.29) is 5.91 Å². The second-order valence-electron chi connectivity index (χ2n) is 9.77. The normalized spacial score (nSPS) is 17.4. The zero-order valence-corrected chi connectivity index (χ0v) is 20.4. The number of aromatic nitrogens is 4. The van der Waals surface area contributed by atoms with Crippen LogP contribution < -0.4 is 14.7 Å². The van der Waals surface area contributed by atoms with Gasteiger partial charge in [0, 0.05) is 36.3 Å². The fraction of sp³-hybridized carbons (Fsp3) is 0.333. The Bertz CT molecular complexity index is 1390. The number of nitrogens with zero attached hydrogens (tertiary/aromatic N) is 5. The Morgan fingerprint density at radius 2 is 1.86 bits per heavy atom. The van der Waals surface area contributed by atoms with E-state index in [4.69, 9.17) is 4.74 Å². The summed E-state index contributed by atoms with van der Waals surface area (Å²) >= 11 is 0. The van der Waals surface area contributed by atoms with Gasteiger partial charge in [-0.25, -0.2) is 4.98 Å². The van der Waals surface area contributed by atoms with E-state index >= 15 is 0 Å². The molecule has 0 aliphatic carbocycles. The van der Waals surface area contributed by atoms with Crippen molar-refractivity contribution < 1.29 is 9.53 Å². The summed E-state index contributed by atoms with van der Waals surface area (Å²) in [5.41, 5.74) is 4.96. The maximum atomic E-state index is 13.2. The van der Waals surface area contributed by atoms with Gasteiger partial charge in [0.25, 0.3) is 5.91 Å². The van der Waals surface area contributed by atoms with Crippen LogP contribution in [0.15, 0.2) is 55.0 Å². The topological polar surface area (TPSA) is 96.0 Å². The van der Waals surface area contributed by atoms with E-state index in [1.807, 2.05) is 42.7 Å². The summed E-state index contributed by atoms with van der Waals surface area (Å²) in [6.45, 7) is 5.36. The van der Waals surface area contributed by atoms with Crippen LogP contribution in [0.5, 0.6) is 0 Å². The molecular weight excluding hydrogens is 454 g/mol. The Kier molecular flexibility index (Phi) is 5.86. The van der Waals surface area contributed by atoms with Gasteiger partial charge in [0.2, 0.25) is 5.82 Å². The smallest absolute Gasteiger partial charge is 0.276 e. The van der Waals surface area contributed by atoms with Crippen molar-refractivity contribution in [3.8, 4) is 11.1 Å². The molecule has 9 nitrogen and oxygen atoms in total. The van der Waals surface area contributed by atoms with Crippen LogP contribution in [0.1, 0.15) is 23.3 Å². The number of nitrogens with one attached hydrogen (secondary N) is 2. The van der Waals surface area contributed by atoms with E-state index in [1.165, 1.54) is 12.8 Å². The molecule has 0 spiro atoms. The quantitative estimate of drug-likeness (QED) is 0.418. The minimum atomic E-state index is -0.274. The largest absolute Gasteiger partial charge is 0.370 e. The average molecular weight is 485 g/mol. The number of carbonyl (C=O) groups is 1. The van der Waals surface area contributed by atoms with Gasteiger partial charge in [-0.15, -0.1) is 0 Å². The van der Waals surface area contributed by atoms with E-state index in [0.29, 0.717) is 11.4 Å². The number of hydrogen-bond acceptors (Lipinski definition) is 6. The van der Waals surface area contributed by atoms with Crippen molar-refractivity contribution in [1.29, 1.82) is 0 Å². The monoisotopic (exact) mass is 484 g/mol. The minimum absolute atomic E-state index is 0.274. The summed E-state index contributed by atoms with van der Waals surface area (Å²) in [6, 6.07) is 12.0. The van der Waals surface area contributed by atoms with Gasteiger partial charge in [-0.1, -0.05) is 6.07 Å². The number of amides is 1. The van der Waals surface area contributed by atoms with Crippen LogP contribution >= 0.6 is 0 Å². The second-order valence-corrected chi connectivity index (χ2v) is 9.77. The van der Waals surface area contributed by atoms with Crippen molar-refractivity contribution in [2.75, 3.05) is 56.7 Å². The number of aromatic amines is 1. The van der Waals surface area contributed by atoms with Crippen molar-refractivity contribution in [3.05, 3.63) is 60.7 Å². The molecule has 0 saturated carbocycles. The molecule has 4 aromatic rings. The van der Waals surface area contributed by atoms with Gasteiger partial charge in [0.05, 0.1) is 49.5 Å². The number of hydrogen-bond donors (Lipinski definition) is 2. The lowest BCUT2D eigenvalue weighted by atomic mass is 10.0. The van der Waals surface area contributed by atoms with Crippen LogP contribution in [0.4, 0.5) is 17.2 Å². The molecule has 1 amide bonds. The molecule has 36 heavy (non-hydrogen) atoms. The van der Waals surface area contributed by atoms with Crippen LogP contribution in [-0.4, -0.2) is 72.5 Å². The molecule has 2 N–H and O–H groups in total. The Hall–Kier alpha value is -3.82. The van der Waals surface area contributed by atoms with Crippen molar-refractivity contribution in [2.24, 2.45) is 0 Å². The number of H-pyrrole nitrogens is 1. The Balaban J connectivity index is 1.23. The third-order valence-corrected chi connectivity index (χ3v) is 7.32. The highest BCUT2D eigenvalue weighted by Crippen LogP contribution is 2.29. The number of pyridine rings is 2. The summed E-state index contributed by atoms with van der Waals surface area (Å²) in [5, 5.41) is 11.0. The van der Waals surface area contributed by atoms with Gasteiger partial charge in [-0.05, 0) is 42.7 Å². The van der Waals surface area contributed by atoms with Gasteiger partial charge in [-0.2, -0.15) is 5.10 Å². The lowest BCUT2D eigenvalue weighted by molar-refractivity contribution is 0.0512. The molecule has 184 valence electrons. The second kappa shape index (κ2) is 9.33. The maximum absolute atomic E-state index is 13.2. The van der Waals surface area contributed by atoms with Gasteiger partial charge < -0.3 is 15.0 Å². The van der Waals surface area contributed by atoms with Gasteiger partial charge in [-0.3, -0.25) is 19.4 Å². The molecule has 2 saturated heterocycles. The van der Waals surface area contributed by atoms with Crippen LogP contribution in [0.25, 0.3) is 22.0 Å². The summed E-state index contributed by atoms with van der Waals surface area (Å²) in [7, 11) is 2.16. The summed E-state index contributed by atoms with van der Waals surface area (Å²) in [4.78, 5) is 24.6. The van der Waals surface area contributed by atoms with Crippen molar-refractivity contribution in [2.45, 2.75) is 12.8 Å². The molecule has 3 aromatic heterocycles. The third-order valence-electron chi connectivity index (χ3n) is 7.32. The van der Waals surface area contributed by atoms with E-state index < -0.39 is 0 Å². The van der Waals surface area contributed by atoms with Gasteiger partial charge >= 0.3 is 0 Å². The van der Waals surface area contributed by atoms with Crippen LogP contribution in [0, 0.1) is 0 Å². The molecule has 1 aromatic carbocycles. The Morgan fingerprint density at radius 3 is 2.64 bits per heavy atom. The number of ether oxygens (including phenoxy) is 1. The SMILES string of the molecule is C[N+]1(c2ccc(NC(=O)c3n[nH]c4ccc(-c5cncc(N6CCCC6)c5)cc34)cn2)CCOCC1. The number of rotatable bonds is 5. The number of carbonyl (C=O) groups excluding carboxylic acids is 1. The molecule has 2 aliphatic rings. The lowest BCUT2D eigenvalue weighted by Crippen LogP contribution is -2.53. The van der Waals surface area contributed by atoms with Crippen LogP contribution in [0.2, 0.25) is 0 Å². The molecule has 0 radical (unpaired) electrons. The first-order chi connectivity index (χ1) is 17.6. The number of quaternary nitrogens is 1. The highest BCUT2D eigenvalue weighted by molar-refractivity contribution is 6.11. The number of anilines is 2. The number of fused-ring (bicyclic) bond motifs is 1. The molecule has 5 heterocycles. The molecule has 0 unspecified atom stereocenters. The van der Waals surface area contributed by atoms with Gasteiger partial charge in [0.1, 0.15) is 13.1 Å². The molecule has 9 heteroatoms. The first kappa shape index (κ1) is 22.6. The molecular formula is C27H30N7O2+. The first-order valence-corrected chi connectivity index (χ1v) is 12.5. The third kappa shape index (κ3) is 4.31. The maximum Gasteiger partial charge on any atom is 0.276 e. The van der Waals surface area contributed by atoms with Crippen LogP contribution in [-0.2, 0) is 4.74 Å². The Labute approximate surface area is 209 Å². The highest BCUT2D eigenvalue weighted by Gasteiger charge is 2.29. The average Bonchev–Trinajstić information content (AvgIpc) is 3.60. The molecule has 2 fully saturated rings. The van der Waals surface area contributed by atoms with Gasteiger partial charge in [0.15, 0.2) is 5.69 Å². The van der Waals surface area contributed by atoms with Crippen LogP contribution in [0.3, 0.4) is 0 Å². The van der Waals surface area contributed by atoms with E-state index in [9.17, 15) is 4.79 Å². The molecule has 6 rings (SSSR count). The summed E-state index contributed by atoms with van der Waals surface area (Å²) < 4.78 is 6.22. The lowest BCUT2D eigenvalue weighted by Gasteiger charge is -2.35. The molecule has 2 aliphatic heterocycles. The first-order valence-electron chi connectivity index (χ1n) is 12.5. The summed E-state index contributed by atoms with van der Waals surface area (Å²) in [6.07, 6.45) is 7.93. The predicted molar refractivity (Wildman–Crippen MR) is 141 cm³/mol. The zero-order valence-electron chi connectivity index (χ0n) is 20.4. The minimum Gasteiger partial charge on any atom is -0.370 e. The van der Waals surface area contributed by atoms with Crippen molar-refractivity contribution in [3.63, 3.8) is 0 Å². The van der Waals surface area contributed by atoms with Crippen molar-refractivity contribution >= 4 is 34.0 Å². The molecule has 0 atom stereocenters.